The third-order valence-corrected chi connectivity index (χ3v) is 6.12. The van der Waals surface area contributed by atoms with E-state index in [9.17, 15) is 18.7 Å². The maximum atomic E-state index is 13.8. The molecule has 1 amide bonds. The van der Waals surface area contributed by atoms with E-state index in [4.69, 9.17) is 9.47 Å². The van der Waals surface area contributed by atoms with E-state index < -0.39 is 23.8 Å². The second-order valence-electron chi connectivity index (χ2n) is 8.88. The number of aliphatic hydroxyl groups is 1. The smallest absolute Gasteiger partial charge is 0.224 e. The first-order valence-corrected chi connectivity index (χ1v) is 12.2. The molecule has 0 aromatic heterocycles. The Hall–Kier alpha value is -3.49. The molecule has 198 valence electrons. The third-order valence-electron chi connectivity index (χ3n) is 6.12. The molecule has 37 heavy (non-hydrogen) atoms. The molecule has 0 spiro atoms. The van der Waals surface area contributed by atoms with Gasteiger partial charge < -0.3 is 25.2 Å². The molecule has 0 heterocycles. The van der Waals surface area contributed by atoms with Crippen molar-refractivity contribution in [2.45, 2.75) is 44.9 Å². The summed E-state index contributed by atoms with van der Waals surface area (Å²) in [6.07, 6.45) is -0.0462. The molecule has 0 radical (unpaired) electrons. The van der Waals surface area contributed by atoms with Gasteiger partial charge in [-0.25, -0.2) is 8.78 Å². The van der Waals surface area contributed by atoms with Crippen molar-refractivity contribution >= 4 is 5.91 Å². The van der Waals surface area contributed by atoms with Crippen LogP contribution in [0.3, 0.4) is 0 Å². The Labute approximate surface area is 216 Å². The third kappa shape index (κ3) is 8.55. The van der Waals surface area contributed by atoms with Gasteiger partial charge in [0.1, 0.15) is 23.1 Å². The normalized spacial score (nSPS) is 12.6. The van der Waals surface area contributed by atoms with Crippen LogP contribution in [-0.2, 0) is 30.6 Å². The monoisotopic (exact) mass is 512 g/mol. The van der Waals surface area contributed by atoms with Gasteiger partial charge in [-0.15, -0.1) is 0 Å². The lowest BCUT2D eigenvalue weighted by Gasteiger charge is -2.25. The minimum atomic E-state index is -1.01. The van der Waals surface area contributed by atoms with Gasteiger partial charge in [-0.2, -0.15) is 0 Å². The van der Waals surface area contributed by atoms with Crippen molar-refractivity contribution in [1.29, 1.82) is 0 Å². The van der Waals surface area contributed by atoms with Gasteiger partial charge in [0.05, 0.1) is 32.8 Å². The number of aryl methyl sites for hydroxylation is 1. The number of carbonyl (C=O) groups is 1. The number of nitrogens with one attached hydrogen (secondary N) is 2. The van der Waals surface area contributed by atoms with E-state index in [2.05, 4.69) is 29.7 Å². The molecule has 0 aliphatic rings. The van der Waals surface area contributed by atoms with Crippen LogP contribution in [0.1, 0.15) is 29.2 Å². The van der Waals surface area contributed by atoms with Gasteiger partial charge in [0.15, 0.2) is 0 Å². The molecular formula is C29H34F2N2O4. The second-order valence-corrected chi connectivity index (χ2v) is 8.88. The lowest BCUT2D eigenvalue weighted by Crippen LogP contribution is -2.49. The summed E-state index contributed by atoms with van der Waals surface area (Å²) >= 11 is 0. The first-order chi connectivity index (χ1) is 17.8. The van der Waals surface area contributed by atoms with E-state index in [1.807, 2.05) is 12.1 Å². The van der Waals surface area contributed by atoms with Crippen LogP contribution in [0.5, 0.6) is 11.5 Å². The topological polar surface area (TPSA) is 79.8 Å². The Morgan fingerprint density at radius 1 is 0.946 bits per heavy atom. The zero-order chi connectivity index (χ0) is 26.8. The number of carbonyl (C=O) groups excluding carboxylic acids is 1. The quantitative estimate of drug-likeness (QED) is 0.323. The van der Waals surface area contributed by atoms with Gasteiger partial charge in [-0.1, -0.05) is 37.3 Å². The predicted molar refractivity (Wildman–Crippen MR) is 139 cm³/mol. The Bertz CT molecular complexity index is 1170. The van der Waals surface area contributed by atoms with E-state index in [0.717, 1.165) is 18.1 Å². The molecule has 0 saturated heterocycles. The average molecular weight is 513 g/mol. The molecule has 0 aliphatic carbocycles. The van der Waals surface area contributed by atoms with Crippen molar-refractivity contribution in [1.82, 2.24) is 10.6 Å². The molecule has 3 rings (SSSR count). The zero-order valence-corrected chi connectivity index (χ0v) is 21.4. The molecule has 0 bridgehead atoms. The van der Waals surface area contributed by atoms with Crippen LogP contribution in [-0.4, -0.2) is 43.9 Å². The van der Waals surface area contributed by atoms with Crippen molar-refractivity contribution in [3.8, 4) is 11.5 Å². The predicted octanol–water partition coefficient (Wildman–Crippen LogP) is 3.97. The lowest BCUT2D eigenvalue weighted by atomic mass is 10.00. The van der Waals surface area contributed by atoms with E-state index >= 15 is 0 Å². The van der Waals surface area contributed by atoms with Gasteiger partial charge in [0, 0.05) is 30.8 Å². The van der Waals surface area contributed by atoms with Crippen molar-refractivity contribution < 1.29 is 28.2 Å². The molecule has 6 nitrogen and oxygen atoms in total. The maximum Gasteiger partial charge on any atom is 0.224 e. The molecular weight excluding hydrogens is 478 g/mol. The Morgan fingerprint density at radius 3 is 2.35 bits per heavy atom. The fourth-order valence-electron chi connectivity index (χ4n) is 4.16. The van der Waals surface area contributed by atoms with Crippen LogP contribution < -0.4 is 20.1 Å². The molecule has 0 aliphatic heterocycles. The summed E-state index contributed by atoms with van der Waals surface area (Å²) in [5.74, 6) is -0.703. The molecule has 3 N–H and O–H groups in total. The molecule has 0 fully saturated rings. The zero-order valence-electron chi connectivity index (χ0n) is 21.4. The molecule has 3 aromatic carbocycles. The Morgan fingerprint density at radius 2 is 1.68 bits per heavy atom. The van der Waals surface area contributed by atoms with E-state index in [0.29, 0.717) is 29.2 Å². The summed E-state index contributed by atoms with van der Waals surface area (Å²) in [4.78, 5) is 13.0. The average Bonchev–Trinajstić information content (AvgIpc) is 2.88. The SMILES string of the molecule is CCc1cccc(CNC[C@H](O)[C@H](Cc2cc(F)cc(F)c2)NC(=O)Cc2ccc(OC)cc2OC)c1. The van der Waals surface area contributed by atoms with Gasteiger partial charge in [0.2, 0.25) is 5.91 Å². The molecule has 3 aromatic rings. The van der Waals surface area contributed by atoms with Gasteiger partial charge in [-0.05, 0) is 47.7 Å². The number of aliphatic hydroxyl groups excluding tert-OH is 1. The van der Waals surface area contributed by atoms with Gasteiger partial charge in [0.25, 0.3) is 0 Å². The van der Waals surface area contributed by atoms with E-state index in [1.54, 1.807) is 18.2 Å². The summed E-state index contributed by atoms with van der Waals surface area (Å²) < 4.78 is 38.2. The number of amides is 1. The van der Waals surface area contributed by atoms with Crippen LogP contribution in [0, 0.1) is 11.6 Å². The summed E-state index contributed by atoms with van der Waals surface area (Å²) in [7, 11) is 3.04. The lowest BCUT2D eigenvalue weighted by molar-refractivity contribution is -0.122. The summed E-state index contributed by atoms with van der Waals surface area (Å²) in [5.41, 5.74) is 3.26. The first kappa shape index (κ1) is 28.1. The number of hydrogen-bond donors (Lipinski definition) is 3. The number of ether oxygens (including phenoxy) is 2. The standard InChI is InChI=1S/C29H34F2N2O4/c1-4-19-6-5-7-20(10-19)17-32-18-27(34)26(13-21-11-23(30)15-24(31)12-21)33-29(35)14-22-8-9-25(36-2)16-28(22)37-3/h5-12,15-16,26-27,32,34H,4,13-14,17-18H2,1-3H3,(H,33,35)/t26-,27-/m0/s1. The van der Waals surface area contributed by atoms with Crippen LogP contribution in [0.15, 0.2) is 60.7 Å². The van der Waals surface area contributed by atoms with Crippen LogP contribution in [0.4, 0.5) is 8.78 Å². The first-order valence-electron chi connectivity index (χ1n) is 12.2. The van der Waals surface area contributed by atoms with Crippen molar-refractivity contribution in [2.24, 2.45) is 0 Å². The van der Waals surface area contributed by atoms with Crippen molar-refractivity contribution in [3.05, 3.63) is 94.6 Å². The van der Waals surface area contributed by atoms with Crippen LogP contribution in [0.2, 0.25) is 0 Å². The summed E-state index contributed by atoms with van der Waals surface area (Å²) in [6.45, 7) is 2.79. The minimum absolute atomic E-state index is 0.00879. The van der Waals surface area contributed by atoms with Crippen molar-refractivity contribution in [3.63, 3.8) is 0 Å². The second kappa shape index (κ2) is 13.7. The largest absolute Gasteiger partial charge is 0.497 e. The summed E-state index contributed by atoms with van der Waals surface area (Å²) in [6, 6.07) is 15.7. The highest BCUT2D eigenvalue weighted by atomic mass is 19.1. The van der Waals surface area contributed by atoms with Crippen molar-refractivity contribution in [2.75, 3.05) is 20.8 Å². The minimum Gasteiger partial charge on any atom is -0.497 e. The van der Waals surface area contributed by atoms with Crippen LogP contribution in [0.25, 0.3) is 0 Å². The number of hydrogen-bond acceptors (Lipinski definition) is 5. The van der Waals surface area contributed by atoms with Gasteiger partial charge in [-0.3, -0.25) is 4.79 Å². The highest BCUT2D eigenvalue weighted by Crippen LogP contribution is 2.25. The maximum absolute atomic E-state index is 13.8. The fraction of sp³-hybridized carbons (Fsp3) is 0.345. The highest BCUT2D eigenvalue weighted by molar-refractivity contribution is 5.79. The van der Waals surface area contributed by atoms with E-state index in [-0.39, 0.29) is 25.3 Å². The number of benzene rings is 3. The number of rotatable bonds is 13. The van der Waals surface area contributed by atoms with Crippen LogP contribution >= 0.6 is 0 Å². The molecule has 2 atom stereocenters. The molecule has 8 heteroatoms. The molecule has 0 saturated carbocycles. The molecule has 0 unspecified atom stereocenters. The number of halogens is 2. The Balaban J connectivity index is 1.70. The number of methoxy groups -OCH3 is 2. The van der Waals surface area contributed by atoms with Gasteiger partial charge >= 0.3 is 0 Å². The Kier molecular flexibility index (Phi) is 10.4. The fourth-order valence-corrected chi connectivity index (χ4v) is 4.16. The summed E-state index contributed by atoms with van der Waals surface area (Å²) in [5, 5.41) is 17.0. The van der Waals surface area contributed by atoms with E-state index in [1.165, 1.54) is 31.9 Å². The highest BCUT2D eigenvalue weighted by Gasteiger charge is 2.23.